The van der Waals surface area contributed by atoms with E-state index in [1.807, 2.05) is 0 Å². The minimum atomic E-state index is -4.47. The van der Waals surface area contributed by atoms with Gasteiger partial charge in [-0.25, -0.2) is 4.79 Å². The molecule has 1 aliphatic carbocycles. The summed E-state index contributed by atoms with van der Waals surface area (Å²) < 4.78 is 40.4. The van der Waals surface area contributed by atoms with Crippen molar-refractivity contribution in [1.82, 2.24) is 9.78 Å². The maximum Gasteiger partial charge on any atom is 0.416 e. The van der Waals surface area contributed by atoms with Crippen LogP contribution in [-0.4, -0.2) is 26.0 Å². The lowest BCUT2D eigenvalue weighted by Gasteiger charge is -2.31. The molecule has 0 atom stereocenters. The molecule has 1 aromatic carbocycles. The van der Waals surface area contributed by atoms with Gasteiger partial charge < -0.3 is 10.2 Å². The highest BCUT2D eigenvalue weighted by Gasteiger charge is 2.39. The number of hydrogen-bond acceptors (Lipinski definition) is 4. The molecule has 1 heterocycles. The fourth-order valence-corrected chi connectivity index (χ4v) is 3.67. The van der Waals surface area contributed by atoms with Crippen LogP contribution in [0.4, 0.5) is 13.2 Å². The molecule has 0 saturated heterocycles. The van der Waals surface area contributed by atoms with E-state index >= 15 is 0 Å². The van der Waals surface area contributed by atoms with Gasteiger partial charge in [-0.2, -0.15) is 18.3 Å². The third-order valence-corrected chi connectivity index (χ3v) is 4.98. The van der Waals surface area contributed by atoms with Crippen LogP contribution in [0.5, 0.6) is 5.75 Å². The third kappa shape index (κ3) is 3.67. The fourth-order valence-electron chi connectivity index (χ4n) is 3.67. The van der Waals surface area contributed by atoms with Crippen molar-refractivity contribution < 1.29 is 28.2 Å². The summed E-state index contributed by atoms with van der Waals surface area (Å²) in [4.78, 5) is 22.8. The standard InChI is InChI=1S/C18H17F3N2O4/c19-18(20,21)12-5-3-4-11(8-12)17(6-1-2-7-17)10-23-9-13(24)15(25)14(22-23)16(26)27/h3-5,8-9,24H,1-2,6-7,10H2,(H,26,27). The van der Waals surface area contributed by atoms with Gasteiger partial charge in [0.2, 0.25) is 5.69 Å². The molecule has 1 fully saturated rings. The van der Waals surface area contributed by atoms with E-state index in [4.69, 9.17) is 5.11 Å². The molecule has 6 nitrogen and oxygen atoms in total. The smallest absolute Gasteiger partial charge is 0.416 e. The Labute approximate surface area is 151 Å². The number of carboxylic acid groups (broad SMARTS) is 1. The van der Waals surface area contributed by atoms with E-state index < -0.39 is 40.0 Å². The van der Waals surface area contributed by atoms with Crippen LogP contribution in [0.15, 0.2) is 35.3 Å². The predicted octanol–water partition coefficient (Wildman–Crippen LogP) is 3.18. The van der Waals surface area contributed by atoms with Crippen molar-refractivity contribution in [1.29, 1.82) is 0 Å². The minimum absolute atomic E-state index is 0.0580. The van der Waals surface area contributed by atoms with Crippen molar-refractivity contribution in [2.24, 2.45) is 0 Å². The number of carboxylic acids is 1. The van der Waals surface area contributed by atoms with Crippen molar-refractivity contribution >= 4 is 5.97 Å². The van der Waals surface area contributed by atoms with Crippen LogP contribution in [-0.2, 0) is 18.1 Å². The Morgan fingerprint density at radius 1 is 1.26 bits per heavy atom. The Morgan fingerprint density at radius 2 is 1.93 bits per heavy atom. The van der Waals surface area contributed by atoms with Crippen LogP contribution in [0.2, 0.25) is 0 Å². The molecule has 3 rings (SSSR count). The van der Waals surface area contributed by atoms with E-state index in [1.54, 1.807) is 6.07 Å². The Morgan fingerprint density at radius 3 is 2.52 bits per heavy atom. The predicted molar refractivity (Wildman–Crippen MR) is 88.7 cm³/mol. The molecule has 144 valence electrons. The summed E-state index contributed by atoms with van der Waals surface area (Å²) in [5, 5.41) is 22.6. The van der Waals surface area contributed by atoms with Gasteiger partial charge in [-0.15, -0.1) is 0 Å². The summed E-state index contributed by atoms with van der Waals surface area (Å²) in [6.45, 7) is 0.0580. The first-order chi connectivity index (χ1) is 12.6. The first-order valence-corrected chi connectivity index (χ1v) is 8.34. The highest BCUT2D eigenvalue weighted by molar-refractivity contribution is 5.85. The van der Waals surface area contributed by atoms with Gasteiger partial charge in [0, 0.05) is 5.41 Å². The number of alkyl halides is 3. The number of halogens is 3. The summed E-state index contributed by atoms with van der Waals surface area (Å²) in [5.41, 5.74) is -2.89. The van der Waals surface area contributed by atoms with Crippen LogP contribution in [0, 0.1) is 0 Å². The highest BCUT2D eigenvalue weighted by Crippen LogP contribution is 2.43. The van der Waals surface area contributed by atoms with Gasteiger partial charge in [-0.05, 0) is 24.5 Å². The monoisotopic (exact) mass is 382 g/mol. The summed E-state index contributed by atoms with van der Waals surface area (Å²) in [6.07, 6.45) is -0.679. The molecule has 1 saturated carbocycles. The molecule has 0 radical (unpaired) electrons. The number of aromatic hydroxyl groups is 1. The Hall–Kier alpha value is -2.84. The molecular weight excluding hydrogens is 365 g/mol. The molecule has 2 N–H and O–H groups in total. The van der Waals surface area contributed by atoms with Crippen molar-refractivity contribution in [2.75, 3.05) is 0 Å². The lowest BCUT2D eigenvalue weighted by Crippen LogP contribution is -2.32. The second-order valence-electron chi connectivity index (χ2n) is 6.76. The number of hydrogen-bond donors (Lipinski definition) is 2. The van der Waals surface area contributed by atoms with Crippen molar-refractivity contribution in [3.8, 4) is 5.75 Å². The number of benzene rings is 1. The number of rotatable bonds is 4. The van der Waals surface area contributed by atoms with Gasteiger partial charge in [-0.3, -0.25) is 9.48 Å². The number of nitrogens with zero attached hydrogens (tertiary/aromatic N) is 2. The second kappa shape index (κ2) is 6.71. The molecule has 1 aliphatic rings. The quantitative estimate of drug-likeness (QED) is 0.847. The van der Waals surface area contributed by atoms with Gasteiger partial charge in [0.05, 0.1) is 18.3 Å². The van der Waals surface area contributed by atoms with Crippen LogP contribution in [0.25, 0.3) is 0 Å². The molecule has 1 aromatic heterocycles. The maximum absolute atomic E-state index is 13.1. The lowest BCUT2D eigenvalue weighted by atomic mass is 9.78. The van der Waals surface area contributed by atoms with Crippen LogP contribution >= 0.6 is 0 Å². The first kappa shape index (κ1) is 18.9. The zero-order valence-electron chi connectivity index (χ0n) is 14.2. The maximum atomic E-state index is 13.1. The van der Waals surface area contributed by atoms with Crippen molar-refractivity contribution in [2.45, 2.75) is 43.8 Å². The van der Waals surface area contributed by atoms with Gasteiger partial charge in [0.25, 0.3) is 5.43 Å². The first-order valence-electron chi connectivity index (χ1n) is 8.34. The van der Waals surface area contributed by atoms with E-state index in [-0.39, 0.29) is 6.54 Å². The molecule has 0 spiro atoms. The average molecular weight is 382 g/mol. The van der Waals surface area contributed by atoms with E-state index in [9.17, 15) is 27.9 Å². The molecule has 2 aromatic rings. The topological polar surface area (TPSA) is 92.4 Å². The molecule has 0 aliphatic heterocycles. The van der Waals surface area contributed by atoms with Gasteiger partial charge in [-0.1, -0.05) is 31.0 Å². The molecule has 0 amide bonds. The Balaban J connectivity index is 2.05. The normalized spacial score (nSPS) is 16.4. The van der Waals surface area contributed by atoms with Gasteiger partial charge in [0.15, 0.2) is 5.75 Å². The Bertz CT molecular complexity index is 931. The molecule has 27 heavy (non-hydrogen) atoms. The van der Waals surface area contributed by atoms with Crippen molar-refractivity contribution in [3.63, 3.8) is 0 Å². The van der Waals surface area contributed by atoms with Crippen molar-refractivity contribution in [3.05, 3.63) is 57.5 Å². The van der Waals surface area contributed by atoms with E-state index in [1.165, 1.54) is 6.07 Å². The lowest BCUT2D eigenvalue weighted by molar-refractivity contribution is -0.137. The molecule has 9 heteroatoms. The average Bonchev–Trinajstić information content (AvgIpc) is 3.07. The Kier molecular flexibility index (Phi) is 4.71. The van der Waals surface area contributed by atoms with Crippen LogP contribution in [0.3, 0.4) is 0 Å². The number of aromatic carboxylic acids is 1. The zero-order chi connectivity index (χ0) is 19.8. The second-order valence-corrected chi connectivity index (χ2v) is 6.76. The summed E-state index contributed by atoms with van der Waals surface area (Å²) in [6, 6.07) is 5.06. The minimum Gasteiger partial charge on any atom is -0.503 e. The van der Waals surface area contributed by atoms with E-state index in [0.29, 0.717) is 18.4 Å². The summed E-state index contributed by atoms with van der Waals surface area (Å²) in [7, 11) is 0. The van der Waals surface area contributed by atoms with Gasteiger partial charge >= 0.3 is 12.1 Å². The van der Waals surface area contributed by atoms with E-state index in [0.717, 1.165) is 35.9 Å². The highest BCUT2D eigenvalue weighted by atomic mass is 19.4. The summed E-state index contributed by atoms with van der Waals surface area (Å²) in [5.74, 6) is -2.34. The largest absolute Gasteiger partial charge is 0.503 e. The molecule has 0 bridgehead atoms. The van der Waals surface area contributed by atoms with E-state index in [2.05, 4.69) is 5.10 Å². The SMILES string of the molecule is O=C(O)c1nn(CC2(c3cccc(C(F)(F)F)c3)CCCC2)cc(O)c1=O. The molecule has 0 unspecified atom stereocenters. The third-order valence-electron chi connectivity index (χ3n) is 4.98. The summed E-state index contributed by atoms with van der Waals surface area (Å²) >= 11 is 0. The number of carbonyl (C=O) groups is 1. The fraction of sp³-hybridized carbons (Fsp3) is 0.389. The van der Waals surface area contributed by atoms with Gasteiger partial charge in [0.1, 0.15) is 0 Å². The zero-order valence-corrected chi connectivity index (χ0v) is 14.2. The molecular formula is C18H17F3N2O4. The number of aromatic nitrogens is 2. The van der Waals surface area contributed by atoms with Crippen LogP contribution < -0.4 is 5.43 Å². The van der Waals surface area contributed by atoms with Crippen LogP contribution in [0.1, 0.15) is 47.3 Å².